The fourth-order valence-electron chi connectivity index (χ4n) is 3.88. The van der Waals surface area contributed by atoms with Gasteiger partial charge in [-0.2, -0.15) is 0 Å². The second-order valence-electron chi connectivity index (χ2n) is 8.19. The minimum atomic E-state index is -0.281. The summed E-state index contributed by atoms with van der Waals surface area (Å²) in [6.45, 7) is 0.457. The van der Waals surface area contributed by atoms with Gasteiger partial charge in [0.2, 0.25) is 0 Å². The topological polar surface area (TPSA) is 57.0 Å². The molecule has 0 aliphatic rings. The number of allylic oxidation sites excluding steroid dienone is 1. The third kappa shape index (κ3) is 5.42. The average molecular weight is 542 g/mol. The van der Waals surface area contributed by atoms with Crippen LogP contribution in [0, 0.1) is 5.82 Å². The molecule has 5 nitrogen and oxygen atoms in total. The lowest BCUT2D eigenvalue weighted by atomic mass is 10.0. The van der Waals surface area contributed by atoms with E-state index in [0.29, 0.717) is 22.6 Å². The molecule has 0 N–H and O–H groups in total. The Labute approximate surface area is 216 Å². The lowest BCUT2D eigenvalue weighted by Crippen LogP contribution is -2.02. The first-order valence-electron chi connectivity index (χ1n) is 11.3. The van der Waals surface area contributed by atoms with Crippen molar-refractivity contribution >= 4 is 38.6 Å². The zero-order valence-corrected chi connectivity index (χ0v) is 20.7. The number of nitrogens with zero attached hydrogens (tertiary/aromatic N) is 3. The monoisotopic (exact) mass is 541 g/mol. The molecule has 5 aromatic rings. The summed E-state index contributed by atoms with van der Waals surface area (Å²) in [4.78, 5) is 12.7. The maximum Gasteiger partial charge on any atom is 0.185 e. The van der Waals surface area contributed by atoms with Crippen LogP contribution in [0.15, 0.2) is 102 Å². The molecule has 5 rings (SSSR count). The van der Waals surface area contributed by atoms with Crippen LogP contribution in [0.25, 0.3) is 16.8 Å². The number of ether oxygens (including phenoxy) is 1. The molecule has 0 fully saturated rings. The van der Waals surface area contributed by atoms with E-state index < -0.39 is 0 Å². The highest BCUT2D eigenvalue weighted by Crippen LogP contribution is 2.30. The van der Waals surface area contributed by atoms with Crippen molar-refractivity contribution < 1.29 is 13.9 Å². The van der Waals surface area contributed by atoms with E-state index in [-0.39, 0.29) is 24.8 Å². The molecule has 1 aromatic heterocycles. The second kappa shape index (κ2) is 10.7. The van der Waals surface area contributed by atoms with Crippen molar-refractivity contribution in [3.63, 3.8) is 0 Å². The van der Waals surface area contributed by atoms with Crippen LogP contribution in [0.2, 0.25) is 0 Å². The minimum Gasteiger partial charge on any atom is -0.487 e. The molecule has 178 valence electrons. The molecule has 0 bridgehead atoms. The van der Waals surface area contributed by atoms with Gasteiger partial charge in [0.25, 0.3) is 0 Å². The van der Waals surface area contributed by atoms with Crippen LogP contribution in [0.5, 0.6) is 5.75 Å². The Morgan fingerprint density at radius 1 is 0.972 bits per heavy atom. The van der Waals surface area contributed by atoms with E-state index in [1.165, 1.54) is 6.07 Å². The number of rotatable bonds is 8. The first-order valence-corrected chi connectivity index (χ1v) is 12.1. The number of benzene rings is 4. The van der Waals surface area contributed by atoms with Crippen molar-refractivity contribution in [2.24, 2.45) is 0 Å². The normalized spacial score (nSPS) is 11.3. The Morgan fingerprint density at radius 3 is 2.58 bits per heavy atom. The first-order chi connectivity index (χ1) is 17.6. The molecule has 0 atom stereocenters. The highest BCUT2D eigenvalue weighted by atomic mass is 79.9. The largest absolute Gasteiger partial charge is 0.487 e. The van der Waals surface area contributed by atoms with E-state index in [0.717, 1.165) is 20.8 Å². The van der Waals surface area contributed by atoms with Crippen molar-refractivity contribution in [3.05, 3.63) is 130 Å². The molecule has 0 saturated heterocycles. The summed E-state index contributed by atoms with van der Waals surface area (Å²) >= 11 is 3.39. The highest BCUT2D eigenvalue weighted by molar-refractivity contribution is 9.10. The number of carbonyl (C=O) groups is 1. The Balaban J connectivity index is 1.37. The van der Waals surface area contributed by atoms with E-state index in [9.17, 15) is 9.18 Å². The first kappa shape index (κ1) is 23.6. The summed E-state index contributed by atoms with van der Waals surface area (Å²) < 4.78 is 22.6. The summed E-state index contributed by atoms with van der Waals surface area (Å²) in [6, 6.07) is 25.6. The molecule has 4 aromatic carbocycles. The molecular formula is C29H21BrFN3O2. The van der Waals surface area contributed by atoms with E-state index in [2.05, 4.69) is 26.2 Å². The maximum atomic E-state index is 14.0. The zero-order chi connectivity index (χ0) is 24.9. The van der Waals surface area contributed by atoms with Crippen LogP contribution in [-0.2, 0) is 13.2 Å². The fourth-order valence-corrected chi connectivity index (χ4v) is 4.14. The van der Waals surface area contributed by atoms with Gasteiger partial charge in [-0.05, 0) is 59.3 Å². The third-order valence-electron chi connectivity index (χ3n) is 5.71. The van der Waals surface area contributed by atoms with E-state index >= 15 is 0 Å². The molecule has 0 amide bonds. The van der Waals surface area contributed by atoms with Crippen molar-refractivity contribution in [2.75, 3.05) is 0 Å². The highest BCUT2D eigenvalue weighted by Gasteiger charge is 2.11. The predicted molar refractivity (Wildman–Crippen MR) is 141 cm³/mol. The summed E-state index contributed by atoms with van der Waals surface area (Å²) in [7, 11) is 0. The van der Waals surface area contributed by atoms with Crippen molar-refractivity contribution in [1.82, 2.24) is 15.0 Å². The lowest BCUT2D eigenvalue weighted by Gasteiger charge is -2.11. The Kier molecular flexibility index (Phi) is 7.00. The van der Waals surface area contributed by atoms with Gasteiger partial charge in [-0.25, -0.2) is 9.07 Å². The number of fused-ring (bicyclic) bond motifs is 1. The number of ketones is 1. The van der Waals surface area contributed by atoms with Crippen molar-refractivity contribution in [1.29, 1.82) is 0 Å². The number of hydrogen-bond donors (Lipinski definition) is 0. The van der Waals surface area contributed by atoms with Crippen LogP contribution < -0.4 is 4.74 Å². The fraction of sp³-hybridized carbons (Fsp3) is 0.0690. The Morgan fingerprint density at radius 2 is 1.75 bits per heavy atom. The summed E-state index contributed by atoms with van der Waals surface area (Å²) in [5, 5.41) is 10.3. The molecule has 0 aliphatic carbocycles. The molecule has 36 heavy (non-hydrogen) atoms. The van der Waals surface area contributed by atoms with Crippen LogP contribution in [0.4, 0.5) is 4.39 Å². The smallest absolute Gasteiger partial charge is 0.185 e. The Bertz CT molecular complexity index is 1560. The summed E-state index contributed by atoms with van der Waals surface area (Å²) in [5.74, 6) is 0.241. The van der Waals surface area contributed by atoms with Crippen molar-refractivity contribution in [2.45, 2.75) is 13.2 Å². The molecule has 7 heteroatoms. The Hall–Kier alpha value is -4.10. The molecule has 0 saturated carbocycles. The third-order valence-corrected chi connectivity index (χ3v) is 6.24. The number of hydrogen-bond acceptors (Lipinski definition) is 4. The standard InChI is InChI=1S/C29H21BrFN3O2/c30-23-12-9-21(10-13-23)28(35)15-14-26-25-7-3-1-5-20(25)11-16-29(26)36-19-24-18-34(33-32-24)17-22-6-2-4-8-27(22)31/h1-16,18H,17,19H2/b15-14+. The van der Waals surface area contributed by atoms with Crippen LogP contribution in [0.3, 0.4) is 0 Å². The second-order valence-corrected chi connectivity index (χ2v) is 9.11. The van der Waals surface area contributed by atoms with E-state index in [1.54, 1.807) is 53.4 Å². The summed E-state index contributed by atoms with van der Waals surface area (Å²) in [6.07, 6.45) is 5.08. The van der Waals surface area contributed by atoms with Gasteiger partial charge in [0.1, 0.15) is 23.9 Å². The van der Waals surface area contributed by atoms with Gasteiger partial charge in [-0.1, -0.05) is 69.7 Å². The van der Waals surface area contributed by atoms with Gasteiger partial charge < -0.3 is 4.74 Å². The molecule has 0 aliphatic heterocycles. The number of halogens is 2. The van der Waals surface area contributed by atoms with Crippen molar-refractivity contribution in [3.8, 4) is 5.75 Å². The minimum absolute atomic E-state index is 0.0996. The molecule has 0 unspecified atom stereocenters. The molecule has 0 spiro atoms. The lowest BCUT2D eigenvalue weighted by molar-refractivity contribution is 0.104. The van der Waals surface area contributed by atoms with Crippen LogP contribution >= 0.6 is 15.9 Å². The number of carbonyl (C=O) groups excluding carboxylic acids is 1. The van der Waals surface area contributed by atoms with Gasteiger partial charge >= 0.3 is 0 Å². The van der Waals surface area contributed by atoms with Gasteiger partial charge in [0.15, 0.2) is 5.78 Å². The van der Waals surface area contributed by atoms with Gasteiger partial charge in [0.05, 0.1) is 12.7 Å². The quantitative estimate of drug-likeness (QED) is 0.159. The number of aromatic nitrogens is 3. The zero-order valence-electron chi connectivity index (χ0n) is 19.1. The summed E-state index contributed by atoms with van der Waals surface area (Å²) in [5.41, 5.74) is 2.55. The van der Waals surface area contributed by atoms with Gasteiger partial charge in [0, 0.05) is 21.2 Å². The van der Waals surface area contributed by atoms with Gasteiger partial charge in [-0.3, -0.25) is 4.79 Å². The van der Waals surface area contributed by atoms with Crippen LogP contribution in [0.1, 0.15) is 27.2 Å². The predicted octanol–water partition coefficient (Wildman–Crippen LogP) is 6.86. The van der Waals surface area contributed by atoms with Gasteiger partial charge in [-0.15, -0.1) is 5.10 Å². The van der Waals surface area contributed by atoms with Crippen LogP contribution in [-0.4, -0.2) is 20.8 Å². The van der Waals surface area contributed by atoms with E-state index in [1.807, 2.05) is 48.5 Å². The molecular weight excluding hydrogens is 521 g/mol. The molecule has 1 heterocycles. The maximum absolute atomic E-state index is 14.0. The molecule has 0 radical (unpaired) electrons. The van der Waals surface area contributed by atoms with E-state index in [4.69, 9.17) is 4.74 Å². The SMILES string of the molecule is O=C(/C=C/c1c(OCc2cn(Cc3ccccc3F)nn2)ccc2ccccc12)c1ccc(Br)cc1. The average Bonchev–Trinajstić information content (AvgIpc) is 3.35.